The van der Waals surface area contributed by atoms with E-state index in [9.17, 15) is 14.3 Å². The lowest BCUT2D eigenvalue weighted by Crippen LogP contribution is -2.18. The van der Waals surface area contributed by atoms with Crippen molar-refractivity contribution < 1.29 is 28.2 Å². The van der Waals surface area contributed by atoms with Gasteiger partial charge in [0, 0.05) is 54.8 Å². The molecule has 0 amide bonds. The van der Waals surface area contributed by atoms with Crippen molar-refractivity contribution in [2.75, 3.05) is 13.7 Å². The van der Waals surface area contributed by atoms with Gasteiger partial charge in [-0.05, 0) is 61.9 Å². The topological polar surface area (TPSA) is 99.6 Å². The maximum Gasteiger partial charge on any atom is 0.335 e. The number of halogens is 2. The molecular weight excluding hydrogens is 561 g/mol. The molecule has 6 rings (SSSR count). The van der Waals surface area contributed by atoms with Crippen LogP contribution in [0.2, 0.25) is 5.02 Å². The molecule has 1 saturated carbocycles. The van der Waals surface area contributed by atoms with Gasteiger partial charge in [-0.3, -0.25) is 0 Å². The Labute approximate surface area is 247 Å². The average Bonchev–Trinajstić information content (AvgIpc) is 3.56. The van der Waals surface area contributed by atoms with E-state index in [1.807, 2.05) is 18.2 Å². The number of methoxy groups -OCH3 is 1. The van der Waals surface area contributed by atoms with Gasteiger partial charge in [0.2, 0.25) is 5.88 Å². The molecule has 1 fully saturated rings. The lowest BCUT2D eigenvalue weighted by atomic mass is 9.79. The molecule has 42 heavy (non-hydrogen) atoms. The molecule has 0 bridgehead atoms. The number of hydrogen-bond donors (Lipinski definition) is 1. The van der Waals surface area contributed by atoms with E-state index < -0.39 is 12.0 Å². The number of fused-ring (bicyclic) bond motifs is 2. The minimum absolute atomic E-state index is 0.182. The number of carboxylic acid groups (broad SMARTS) is 1. The molecule has 1 aliphatic rings. The minimum atomic E-state index is -0.950. The van der Waals surface area contributed by atoms with Crippen LogP contribution in [0.25, 0.3) is 22.0 Å². The standard InChI is InChI=1S/C32H31ClFN3O5/c1-40-14-13-37-27-16-21(32(38)39)10-12-26(27)35-29(37)15-19-5-7-20(8-6-19)25-3-2-4-30(36-25)41-18-22-9-11-24(33)23-17-28(34)42-31(22)23/h2-4,9-12,16-17,19-20H,5-8,13-15,18H2,1H3,(H,38,39). The summed E-state index contributed by atoms with van der Waals surface area (Å²) >= 11 is 6.18. The van der Waals surface area contributed by atoms with E-state index in [-0.39, 0.29) is 12.2 Å². The summed E-state index contributed by atoms with van der Waals surface area (Å²) in [6.45, 7) is 1.32. The van der Waals surface area contributed by atoms with Crippen molar-refractivity contribution in [2.24, 2.45) is 5.92 Å². The number of nitrogens with zero attached hydrogens (tertiary/aromatic N) is 3. The lowest BCUT2D eigenvalue weighted by molar-refractivity contribution is 0.0697. The first-order valence-corrected chi connectivity index (χ1v) is 14.4. The van der Waals surface area contributed by atoms with Crippen LogP contribution in [0, 0.1) is 11.9 Å². The zero-order valence-corrected chi connectivity index (χ0v) is 23.9. The van der Waals surface area contributed by atoms with E-state index >= 15 is 0 Å². The molecule has 2 aromatic carbocycles. The van der Waals surface area contributed by atoms with E-state index in [1.165, 1.54) is 6.07 Å². The van der Waals surface area contributed by atoms with Crippen LogP contribution in [-0.4, -0.2) is 39.3 Å². The third-order valence-corrected chi connectivity index (χ3v) is 8.46. The van der Waals surface area contributed by atoms with Crippen molar-refractivity contribution in [3.05, 3.63) is 88.3 Å². The second kappa shape index (κ2) is 12.1. The van der Waals surface area contributed by atoms with Crippen LogP contribution in [0.4, 0.5) is 4.39 Å². The normalized spacial score (nSPS) is 17.2. The van der Waals surface area contributed by atoms with Crippen LogP contribution in [0.5, 0.6) is 5.88 Å². The van der Waals surface area contributed by atoms with E-state index in [0.29, 0.717) is 52.4 Å². The zero-order chi connectivity index (χ0) is 29.2. The van der Waals surface area contributed by atoms with Crippen molar-refractivity contribution in [1.82, 2.24) is 14.5 Å². The van der Waals surface area contributed by atoms with Gasteiger partial charge in [-0.1, -0.05) is 23.7 Å². The van der Waals surface area contributed by atoms with Crippen LogP contribution in [0.15, 0.2) is 59.0 Å². The monoisotopic (exact) mass is 591 g/mol. The van der Waals surface area contributed by atoms with Gasteiger partial charge in [0.15, 0.2) is 0 Å². The summed E-state index contributed by atoms with van der Waals surface area (Å²) in [6, 6.07) is 15.0. The van der Waals surface area contributed by atoms with E-state index in [2.05, 4.69) is 4.57 Å². The number of carbonyl (C=O) groups is 1. The first-order valence-electron chi connectivity index (χ1n) is 14.1. The summed E-state index contributed by atoms with van der Waals surface area (Å²) in [7, 11) is 1.66. The summed E-state index contributed by atoms with van der Waals surface area (Å²) in [5.74, 6) is 1.33. The van der Waals surface area contributed by atoms with Crippen LogP contribution in [0.3, 0.4) is 0 Å². The van der Waals surface area contributed by atoms with E-state index in [4.69, 9.17) is 35.5 Å². The molecule has 218 valence electrons. The SMILES string of the molecule is COCCn1c(CC2CCC(c3cccc(OCc4ccc(Cl)c5cc(F)oc45)n3)CC2)nc2ccc(C(=O)O)cc21. The van der Waals surface area contributed by atoms with Gasteiger partial charge < -0.3 is 23.6 Å². The van der Waals surface area contributed by atoms with Gasteiger partial charge in [-0.2, -0.15) is 4.39 Å². The van der Waals surface area contributed by atoms with Gasteiger partial charge in [-0.25, -0.2) is 14.8 Å². The highest BCUT2D eigenvalue weighted by molar-refractivity contribution is 6.35. The molecule has 0 radical (unpaired) electrons. The molecular formula is C32H31ClFN3O5. The largest absolute Gasteiger partial charge is 0.478 e. The maximum absolute atomic E-state index is 13.7. The van der Waals surface area contributed by atoms with Gasteiger partial charge in [0.25, 0.3) is 6.01 Å². The molecule has 3 aromatic heterocycles. The Balaban J connectivity index is 1.11. The van der Waals surface area contributed by atoms with E-state index in [0.717, 1.165) is 54.7 Å². The van der Waals surface area contributed by atoms with E-state index in [1.54, 1.807) is 37.4 Å². The fourth-order valence-electron chi connectivity index (χ4n) is 5.93. The Morgan fingerprint density at radius 2 is 1.95 bits per heavy atom. The number of imidazole rings is 1. The average molecular weight is 592 g/mol. The lowest BCUT2D eigenvalue weighted by Gasteiger charge is -2.28. The molecule has 3 heterocycles. The van der Waals surface area contributed by atoms with Gasteiger partial charge in [0.1, 0.15) is 18.0 Å². The highest BCUT2D eigenvalue weighted by Crippen LogP contribution is 2.37. The molecule has 0 saturated heterocycles. The number of aromatic nitrogens is 3. The summed E-state index contributed by atoms with van der Waals surface area (Å²) < 4.78 is 32.3. The summed E-state index contributed by atoms with van der Waals surface area (Å²) in [6.07, 6.45) is 4.92. The Morgan fingerprint density at radius 3 is 2.74 bits per heavy atom. The highest BCUT2D eigenvalue weighted by Gasteiger charge is 2.26. The van der Waals surface area contributed by atoms with Crippen molar-refractivity contribution in [1.29, 1.82) is 0 Å². The third-order valence-electron chi connectivity index (χ3n) is 8.13. The quantitative estimate of drug-likeness (QED) is 0.180. The number of benzene rings is 2. The predicted octanol–water partition coefficient (Wildman–Crippen LogP) is 7.41. The second-order valence-electron chi connectivity index (χ2n) is 10.8. The number of ether oxygens (including phenoxy) is 2. The fraction of sp³-hybridized carbons (Fsp3) is 0.344. The Kier molecular flexibility index (Phi) is 8.13. The molecule has 10 heteroatoms. The maximum atomic E-state index is 13.7. The summed E-state index contributed by atoms with van der Waals surface area (Å²) in [4.78, 5) is 21.2. The number of rotatable bonds is 10. The third kappa shape index (κ3) is 5.84. The first-order chi connectivity index (χ1) is 20.4. The minimum Gasteiger partial charge on any atom is -0.478 e. The van der Waals surface area contributed by atoms with Crippen LogP contribution in [0.1, 0.15) is 59.0 Å². The molecule has 8 nitrogen and oxygen atoms in total. The van der Waals surface area contributed by atoms with Crippen LogP contribution < -0.4 is 4.74 Å². The number of pyridine rings is 1. The second-order valence-corrected chi connectivity index (χ2v) is 11.2. The van der Waals surface area contributed by atoms with Crippen LogP contribution >= 0.6 is 11.6 Å². The molecule has 1 N–H and O–H groups in total. The number of hydrogen-bond acceptors (Lipinski definition) is 6. The number of carboxylic acids is 1. The summed E-state index contributed by atoms with van der Waals surface area (Å²) in [5.41, 5.74) is 3.97. The smallest absolute Gasteiger partial charge is 0.335 e. The van der Waals surface area contributed by atoms with Gasteiger partial charge in [-0.15, -0.1) is 0 Å². The highest BCUT2D eigenvalue weighted by atomic mass is 35.5. The van der Waals surface area contributed by atoms with Crippen LogP contribution in [-0.2, 0) is 24.3 Å². The Hall–Kier alpha value is -3.95. The Morgan fingerprint density at radius 1 is 1.12 bits per heavy atom. The van der Waals surface area contributed by atoms with Gasteiger partial charge in [0.05, 0.1) is 28.2 Å². The van der Waals surface area contributed by atoms with Crippen molar-refractivity contribution in [3.63, 3.8) is 0 Å². The van der Waals surface area contributed by atoms with Crippen molar-refractivity contribution in [3.8, 4) is 5.88 Å². The van der Waals surface area contributed by atoms with Crippen molar-refractivity contribution >= 4 is 39.6 Å². The molecule has 1 aliphatic carbocycles. The van der Waals surface area contributed by atoms with Crippen molar-refractivity contribution in [2.45, 2.75) is 51.2 Å². The first kappa shape index (κ1) is 28.2. The molecule has 0 unspecified atom stereocenters. The molecule has 5 aromatic rings. The number of furan rings is 1. The Bertz CT molecular complexity index is 1740. The molecule has 0 aliphatic heterocycles. The fourth-order valence-corrected chi connectivity index (χ4v) is 6.14. The zero-order valence-electron chi connectivity index (χ0n) is 23.2. The summed E-state index contributed by atoms with van der Waals surface area (Å²) in [5, 5.41) is 10.4. The number of aromatic carboxylic acids is 1. The van der Waals surface area contributed by atoms with Gasteiger partial charge >= 0.3 is 5.97 Å². The molecule has 0 spiro atoms. The molecule has 0 atom stereocenters. The predicted molar refractivity (Wildman–Crippen MR) is 157 cm³/mol.